The van der Waals surface area contributed by atoms with Crippen molar-refractivity contribution in [3.63, 3.8) is 0 Å². The van der Waals surface area contributed by atoms with Gasteiger partial charge >= 0.3 is 0 Å². The van der Waals surface area contributed by atoms with Crippen LogP contribution in [0.3, 0.4) is 0 Å². The minimum Gasteiger partial charge on any atom is -0.374 e. The Balaban J connectivity index is 1.31. The molecule has 4 aromatic carbocycles. The van der Waals surface area contributed by atoms with E-state index in [2.05, 4.69) is 60.5 Å². The Morgan fingerprint density at radius 3 is 1.51 bits per heavy atom. The highest BCUT2D eigenvalue weighted by atomic mass is 32.2. The number of thioether (sulfide) groups is 1. The Morgan fingerprint density at radius 1 is 0.600 bits per heavy atom. The third-order valence-electron chi connectivity index (χ3n) is 8.37. The molecule has 2 aliphatic rings. The maximum absolute atomic E-state index is 7.05. The van der Waals surface area contributed by atoms with Gasteiger partial charge in [-0.15, -0.1) is 11.8 Å². The van der Waals surface area contributed by atoms with Gasteiger partial charge in [0.1, 0.15) is 30.5 Å². The Morgan fingerprint density at radius 2 is 1.04 bits per heavy atom. The van der Waals surface area contributed by atoms with E-state index in [0.29, 0.717) is 33.0 Å². The normalized spacial score (nSPS) is 25.4. The van der Waals surface area contributed by atoms with Gasteiger partial charge in [0.15, 0.2) is 0 Å². The number of hydrogen-bond donors (Lipinski definition) is 0. The topological polar surface area (TPSA) is 49.4 Å². The molecule has 6 rings (SSSR count). The summed E-state index contributed by atoms with van der Waals surface area (Å²) in [5.74, 6) is 1.05. The van der Waals surface area contributed by atoms with Crippen LogP contribution in [-0.2, 0) is 50.1 Å². The highest BCUT2D eigenvalue weighted by Crippen LogP contribution is 2.38. The van der Waals surface area contributed by atoms with E-state index in [1.54, 1.807) is 0 Å². The van der Waals surface area contributed by atoms with Crippen LogP contribution in [0.2, 0.25) is 0 Å². The largest absolute Gasteiger partial charge is 0.374 e. The van der Waals surface area contributed by atoms with E-state index in [1.807, 2.05) is 84.6 Å². The lowest BCUT2D eigenvalue weighted by molar-refractivity contribution is -0.276. The van der Waals surface area contributed by atoms with Gasteiger partial charge in [-0.25, -0.2) is 0 Å². The fraction of sp³-hybridized carbons (Fsp3) is 0.368. The summed E-state index contributed by atoms with van der Waals surface area (Å²) in [6.45, 7) is 3.21. The number of benzene rings is 4. The molecule has 2 saturated heterocycles. The molecule has 0 aromatic heterocycles. The molecule has 6 atom stereocenters. The lowest BCUT2D eigenvalue weighted by Gasteiger charge is -2.48. The predicted octanol–water partition coefficient (Wildman–Crippen LogP) is 6.73. The van der Waals surface area contributed by atoms with Gasteiger partial charge in [0, 0.05) is 12.3 Å². The van der Waals surface area contributed by atoms with E-state index in [9.17, 15) is 0 Å². The number of hydrogen-bond acceptors (Lipinski definition) is 7. The lowest BCUT2D eigenvalue weighted by Crippen LogP contribution is -2.64. The molecule has 2 fully saturated rings. The third-order valence-corrected chi connectivity index (χ3v) is 9.76. The second-order valence-electron chi connectivity index (χ2n) is 11.7. The van der Waals surface area contributed by atoms with E-state index in [4.69, 9.17) is 23.7 Å². The number of rotatable bonds is 14. The van der Waals surface area contributed by atoms with Crippen LogP contribution < -0.4 is 0 Å². The highest BCUT2D eigenvalue weighted by molar-refractivity contribution is 8.00. The predicted molar refractivity (Wildman–Crippen MR) is 179 cm³/mol. The molecule has 236 valence electrons. The molecule has 0 bridgehead atoms. The summed E-state index contributed by atoms with van der Waals surface area (Å²) < 4.78 is 33.9. The quantitative estimate of drug-likeness (QED) is 0.154. The zero-order chi connectivity index (χ0) is 30.7. The zero-order valence-electron chi connectivity index (χ0n) is 25.9. The first-order chi connectivity index (χ1) is 22.2. The van der Waals surface area contributed by atoms with E-state index in [0.717, 1.165) is 34.6 Å². The molecule has 0 amide bonds. The monoisotopic (exact) mass is 625 g/mol. The van der Waals surface area contributed by atoms with Gasteiger partial charge in [-0.2, -0.15) is 0 Å². The van der Waals surface area contributed by atoms with E-state index in [-0.39, 0.29) is 23.7 Å². The van der Waals surface area contributed by atoms with Crippen LogP contribution in [0.4, 0.5) is 0 Å². The average Bonchev–Trinajstić information content (AvgIpc) is 3.53. The molecule has 4 aromatic rings. The molecule has 0 spiro atoms. The van der Waals surface area contributed by atoms with E-state index < -0.39 is 12.2 Å². The van der Waals surface area contributed by atoms with Gasteiger partial charge in [0.25, 0.3) is 0 Å². The Kier molecular flexibility index (Phi) is 11.7. The second kappa shape index (κ2) is 16.5. The standard InChI is InChI=1S/C38H43NO5S/c1-39-22-23-45-38(39)37-36(43-27-32-20-12-5-13-21-32)35(42-26-31-18-10-4-11-19-31)34(41-25-30-16-8-3-9-17-30)33(44-37)28-40-24-29-14-6-2-7-15-29/h2-21,33-38H,22-28H2,1H3/t33-,34+,35+,36-,37-,38?/m1/s1. The van der Waals surface area contributed by atoms with Crippen molar-refractivity contribution in [3.8, 4) is 0 Å². The van der Waals surface area contributed by atoms with Crippen molar-refractivity contribution < 1.29 is 23.7 Å². The van der Waals surface area contributed by atoms with Crippen LogP contribution in [0.5, 0.6) is 0 Å². The van der Waals surface area contributed by atoms with Crippen molar-refractivity contribution in [3.05, 3.63) is 144 Å². The van der Waals surface area contributed by atoms with Gasteiger partial charge in [-0.3, -0.25) is 4.90 Å². The average molecular weight is 626 g/mol. The van der Waals surface area contributed by atoms with Crippen LogP contribution in [0.15, 0.2) is 121 Å². The highest BCUT2D eigenvalue weighted by Gasteiger charge is 2.52. The minimum absolute atomic E-state index is 0.125. The summed E-state index contributed by atoms with van der Waals surface area (Å²) in [5, 5.41) is 0.125. The van der Waals surface area contributed by atoms with Gasteiger partial charge in [0.05, 0.1) is 38.4 Å². The summed E-state index contributed by atoms with van der Waals surface area (Å²) in [5.41, 5.74) is 4.44. The Bertz CT molecular complexity index is 1400. The third kappa shape index (κ3) is 8.83. The van der Waals surface area contributed by atoms with Crippen LogP contribution >= 0.6 is 11.8 Å². The molecule has 0 aliphatic carbocycles. The molecule has 0 saturated carbocycles. The van der Waals surface area contributed by atoms with Gasteiger partial charge in [0.2, 0.25) is 0 Å². The summed E-state index contributed by atoms with van der Waals surface area (Å²) in [7, 11) is 2.17. The molecule has 0 radical (unpaired) electrons. The van der Waals surface area contributed by atoms with Crippen LogP contribution in [0.25, 0.3) is 0 Å². The van der Waals surface area contributed by atoms with Crippen LogP contribution in [0.1, 0.15) is 22.3 Å². The van der Waals surface area contributed by atoms with E-state index >= 15 is 0 Å². The van der Waals surface area contributed by atoms with Crippen molar-refractivity contribution in [2.24, 2.45) is 0 Å². The van der Waals surface area contributed by atoms with E-state index in [1.165, 1.54) is 0 Å². The number of ether oxygens (including phenoxy) is 5. The Hall–Kier alpha value is -3.01. The van der Waals surface area contributed by atoms with Crippen molar-refractivity contribution >= 4 is 11.8 Å². The summed E-state index contributed by atoms with van der Waals surface area (Å²) in [4.78, 5) is 2.37. The molecular formula is C38H43NO5S. The molecule has 7 heteroatoms. The fourth-order valence-electron chi connectivity index (χ4n) is 5.97. The second-order valence-corrected chi connectivity index (χ2v) is 12.9. The summed E-state index contributed by atoms with van der Waals surface area (Å²) in [6, 6.07) is 41.1. The number of nitrogens with zero attached hydrogens (tertiary/aromatic N) is 1. The van der Waals surface area contributed by atoms with Crippen molar-refractivity contribution in [1.29, 1.82) is 0 Å². The number of likely N-dealkylation sites (N-methyl/N-ethyl adjacent to an activating group) is 1. The molecular weight excluding hydrogens is 582 g/mol. The molecule has 2 heterocycles. The first-order valence-electron chi connectivity index (χ1n) is 15.8. The van der Waals surface area contributed by atoms with Crippen molar-refractivity contribution in [2.75, 3.05) is 26.0 Å². The van der Waals surface area contributed by atoms with Crippen LogP contribution in [0, 0.1) is 0 Å². The zero-order valence-corrected chi connectivity index (χ0v) is 26.7. The van der Waals surface area contributed by atoms with Crippen molar-refractivity contribution in [1.82, 2.24) is 4.90 Å². The Labute approximate surface area is 271 Å². The molecule has 1 unspecified atom stereocenters. The summed E-state index contributed by atoms with van der Waals surface area (Å²) >= 11 is 1.92. The smallest absolute Gasteiger partial charge is 0.115 e. The SMILES string of the molecule is CN1CCSC1[C@@H]1O[C@H](COCc2ccccc2)[C@H](OCc2ccccc2)[C@H](OCc2ccccc2)[C@H]1OCc1ccccc1. The summed E-state index contributed by atoms with van der Waals surface area (Å²) in [6.07, 6.45) is -1.77. The van der Waals surface area contributed by atoms with Gasteiger partial charge in [-0.1, -0.05) is 121 Å². The molecule has 2 aliphatic heterocycles. The first-order valence-corrected chi connectivity index (χ1v) is 16.8. The maximum Gasteiger partial charge on any atom is 0.115 e. The van der Waals surface area contributed by atoms with Gasteiger partial charge < -0.3 is 23.7 Å². The molecule has 45 heavy (non-hydrogen) atoms. The van der Waals surface area contributed by atoms with Crippen molar-refractivity contribution in [2.45, 2.75) is 62.3 Å². The minimum atomic E-state index is -0.418. The van der Waals surface area contributed by atoms with Gasteiger partial charge in [-0.05, 0) is 29.3 Å². The first kappa shape index (κ1) is 32.0. The van der Waals surface area contributed by atoms with Crippen LogP contribution in [-0.4, -0.2) is 66.7 Å². The fourth-order valence-corrected chi connectivity index (χ4v) is 7.38. The maximum atomic E-state index is 7.05. The lowest BCUT2D eigenvalue weighted by atomic mass is 9.93. The molecule has 0 N–H and O–H groups in total. The molecule has 6 nitrogen and oxygen atoms in total.